The van der Waals surface area contributed by atoms with Gasteiger partial charge in [-0.1, -0.05) is 0 Å². The van der Waals surface area contributed by atoms with Crippen molar-refractivity contribution in [3.63, 3.8) is 0 Å². The number of benzene rings is 1. The fourth-order valence-corrected chi connectivity index (χ4v) is 3.58. The largest absolute Gasteiger partial charge is 0.488 e. The zero-order valence-electron chi connectivity index (χ0n) is 18.4. The Morgan fingerprint density at radius 2 is 1.88 bits per heavy atom. The number of rotatable bonds is 5. The molecule has 2 aromatic heterocycles. The van der Waals surface area contributed by atoms with E-state index >= 15 is 0 Å². The van der Waals surface area contributed by atoms with Crippen LogP contribution in [0.25, 0.3) is 11.1 Å². The van der Waals surface area contributed by atoms with Gasteiger partial charge in [0.2, 0.25) is 0 Å². The third-order valence-electron chi connectivity index (χ3n) is 5.00. The Labute approximate surface area is 187 Å². The highest BCUT2D eigenvalue weighted by Gasteiger charge is 2.25. The first-order valence-electron chi connectivity index (χ1n) is 10.6. The first kappa shape index (κ1) is 21.7. The number of carbonyl (C=O) groups excluding carboxylic acids is 1. The van der Waals surface area contributed by atoms with Gasteiger partial charge >= 0.3 is 0 Å². The van der Waals surface area contributed by atoms with E-state index < -0.39 is 0 Å². The van der Waals surface area contributed by atoms with Gasteiger partial charge in [0, 0.05) is 48.5 Å². The van der Waals surface area contributed by atoms with Gasteiger partial charge in [-0.3, -0.25) is 4.79 Å². The molecule has 0 radical (unpaired) electrons. The van der Waals surface area contributed by atoms with Crippen molar-refractivity contribution in [1.29, 1.82) is 0 Å². The van der Waals surface area contributed by atoms with Gasteiger partial charge in [0.05, 0.1) is 11.7 Å². The van der Waals surface area contributed by atoms with Crippen LogP contribution < -0.4 is 15.0 Å². The predicted molar refractivity (Wildman–Crippen MR) is 123 cm³/mol. The van der Waals surface area contributed by atoms with E-state index in [1.54, 1.807) is 36.8 Å². The fraction of sp³-hybridized carbons (Fsp3) is 0.333. The number of β-amino-alcohol motifs (C(OH)–C–C–N with tert-alkyl or cyclic N) is 1. The molecule has 166 valence electrons. The molecule has 4 rings (SSSR count). The molecule has 8 heteroatoms. The molecule has 1 aromatic carbocycles. The summed E-state index contributed by atoms with van der Waals surface area (Å²) in [4.78, 5) is 27.7. The van der Waals surface area contributed by atoms with Gasteiger partial charge in [0.25, 0.3) is 5.91 Å². The first-order valence-corrected chi connectivity index (χ1v) is 10.6. The number of carbonyl (C=O) groups is 1. The van der Waals surface area contributed by atoms with Crippen LogP contribution in [0.1, 0.15) is 37.6 Å². The monoisotopic (exact) mass is 433 g/mol. The number of hydrogen-bond donors (Lipinski definition) is 2. The SMILES string of the molecule is CC(C)(C)Oc1ccc(NC(=O)c2cnc(N3CCC(O)C3)c(-c3cncnc3)c2)cc1. The van der Waals surface area contributed by atoms with Crippen molar-refractivity contribution in [3.8, 4) is 16.9 Å². The van der Waals surface area contributed by atoms with Gasteiger partial charge in [-0.05, 0) is 57.5 Å². The van der Waals surface area contributed by atoms with E-state index in [-0.39, 0.29) is 17.6 Å². The van der Waals surface area contributed by atoms with E-state index in [2.05, 4.69) is 20.3 Å². The van der Waals surface area contributed by atoms with Gasteiger partial charge < -0.3 is 20.1 Å². The summed E-state index contributed by atoms with van der Waals surface area (Å²) in [6, 6.07) is 9.05. The van der Waals surface area contributed by atoms with Crippen molar-refractivity contribution < 1.29 is 14.6 Å². The van der Waals surface area contributed by atoms with Gasteiger partial charge in [0.15, 0.2) is 0 Å². The lowest BCUT2D eigenvalue weighted by Crippen LogP contribution is -2.23. The number of aromatic nitrogens is 3. The van der Waals surface area contributed by atoms with Crippen LogP contribution in [0.3, 0.4) is 0 Å². The average Bonchev–Trinajstić information content (AvgIpc) is 3.20. The van der Waals surface area contributed by atoms with Gasteiger partial charge in [-0.2, -0.15) is 0 Å². The van der Waals surface area contributed by atoms with Crippen LogP contribution in [0.5, 0.6) is 5.75 Å². The average molecular weight is 434 g/mol. The molecule has 1 amide bonds. The summed E-state index contributed by atoms with van der Waals surface area (Å²) in [7, 11) is 0. The van der Waals surface area contributed by atoms with Crippen LogP contribution in [-0.2, 0) is 0 Å². The molecule has 1 aliphatic rings. The van der Waals surface area contributed by atoms with E-state index in [1.807, 2.05) is 37.8 Å². The Bertz CT molecular complexity index is 1080. The molecule has 3 aromatic rings. The minimum absolute atomic E-state index is 0.270. The number of aliphatic hydroxyl groups excluding tert-OH is 1. The van der Waals surface area contributed by atoms with E-state index in [0.29, 0.717) is 36.6 Å². The highest BCUT2D eigenvalue weighted by molar-refractivity contribution is 6.05. The number of ether oxygens (including phenoxy) is 1. The second-order valence-corrected chi connectivity index (χ2v) is 8.80. The molecule has 8 nitrogen and oxygen atoms in total. The highest BCUT2D eigenvalue weighted by Crippen LogP contribution is 2.31. The summed E-state index contributed by atoms with van der Waals surface area (Å²) >= 11 is 0. The van der Waals surface area contributed by atoms with Crippen LogP contribution in [0.2, 0.25) is 0 Å². The maximum Gasteiger partial charge on any atom is 0.257 e. The number of aliphatic hydroxyl groups is 1. The maximum absolute atomic E-state index is 12.9. The van der Waals surface area contributed by atoms with Crippen molar-refractivity contribution in [1.82, 2.24) is 15.0 Å². The second kappa shape index (κ2) is 8.92. The van der Waals surface area contributed by atoms with E-state index in [0.717, 1.165) is 16.9 Å². The smallest absolute Gasteiger partial charge is 0.257 e. The molecular weight excluding hydrogens is 406 g/mol. The third kappa shape index (κ3) is 5.20. The summed E-state index contributed by atoms with van der Waals surface area (Å²) in [6.07, 6.45) is 6.69. The molecule has 0 spiro atoms. The van der Waals surface area contributed by atoms with Crippen LogP contribution >= 0.6 is 0 Å². The maximum atomic E-state index is 12.9. The number of pyridine rings is 1. The number of hydrogen-bond acceptors (Lipinski definition) is 7. The first-order chi connectivity index (χ1) is 15.3. The van der Waals surface area contributed by atoms with E-state index in [9.17, 15) is 9.90 Å². The summed E-state index contributed by atoms with van der Waals surface area (Å²) in [5.41, 5.74) is 2.30. The summed E-state index contributed by atoms with van der Waals surface area (Å²) in [5.74, 6) is 1.17. The fourth-order valence-electron chi connectivity index (χ4n) is 3.58. The topological polar surface area (TPSA) is 100 Å². The van der Waals surface area contributed by atoms with E-state index in [1.165, 1.54) is 6.33 Å². The quantitative estimate of drug-likeness (QED) is 0.635. The van der Waals surface area contributed by atoms with Crippen LogP contribution in [-0.4, -0.2) is 50.8 Å². The number of nitrogens with one attached hydrogen (secondary N) is 1. The predicted octanol–water partition coefficient (Wildman–Crippen LogP) is 3.54. The van der Waals surface area contributed by atoms with Crippen molar-refractivity contribution in [2.75, 3.05) is 23.3 Å². The lowest BCUT2D eigenvalue weighted by atomic mass is 10.1. The van der Waals surface area contributed by atoms with Crippen molar-refractivity contribution in [2.24, 2.45) is 0 Å². The zero-order chi connectivity index (χ0) is 22.7. The molecule has 1 atom stereocenters. The third-order valence-corrected chi connectivity index (χ3v) is 5.00. The van der Waals surface area contributed by atoms with Crippen molar-refractivity contribution in [3.05, 3.63) is 60.8 Å². The minimum atomic E-state index is -0.384. The summed E-state index contributed by atoms with van der Waals surface area (Å²) in [5, 5.41) is 12.8. The number of amides is 1. The van der Waals surface area contributed by atoms with Crippen molar-refractivity contribution >= 4 is 17.4 Å². The van der Waals surface area contributed by atoms with E-state index in [4.69, 9.17) is 4.74 Å². The van der Waals surface area contributed by atoms with Crippen molar-refractivity contribution in [2.45, 2.75) is 38.9 Å². The van der Waals surface area contributed by atoms with Crippen LogP contribution in [0.15, 0.2) is 55.2 Å². The Morgan fingerprint density at radius 1 is 1.16 bits per heavy atom. The van der Waals surface area contributed by atoms with Gasteiger partial charge in [0.1, 0.15) is 23.5 Å². The van der Waals surface area contributed by atoms with Crippen LogP contribution in [0.4, 0.5) is 11.5 Å². The summed E-state index contributed by atoms with van der Waals surface area (Å²) < 4.78 is 5.82. The zero-order valence-corrected chi connectivity index (χ0v) is 18.4. The molecule has 1 fully saturated rings. The summed E-state index contributed by atoms with van der Waals surface area (Å²) in [6.45, 7) is 7.15. The van der Waals surface area contributed by atoms with Crippen LogP contribution in [0, 0.1) is 0 Å². The standard InChI is InChI=1S/C24H27N5O3/c1-24(2,3)32-20-6-4-18(5-7-20)28-23(31)16-10-21(17-11-25-15-26-12-17)22(27-13-16)29-9-8-19(30)14-29/h4-7,10-13,15,19,30H,8-9,14H2,1-3H3,(H,28,31). The molecule has 2 N–H and O–H groups in total. The Balaban J connectivity index is 1.57. The second-order valence-electron chi connectivity index (χ2n) is 8.80. The lowest BCUT2D eigenvalue weighted by molar-refractivity contribution is 0.102. The molecule has 1 saturated heterocycles. The molecule has 1 unspecified atom stereocenters. The number of nitrogens with zero attached hydrogens (tertiary/aromatic N) is 4. The molecule has 0 saturated carbocycles. The molecule has 0 aliphatic carbocycles. The number of anilines is 2. The lowest BCUT2D eigenvalue weighted by Gasteiger charge is -2.21. The Morgan fingerprint density at radius 3 is 2.50 bits per heavy atom. The Kier molecular flexibility index (Phi) is 6.05. The molecule has 32 heavy (non-hydrogen) atoms. The minimum Gasteiger partial charge on any atom is -0.488 e. The van der Waals surface area contributed by atoms with Gasteiger partial charge in [-0.15, -0.1) is 0 Å². The molecule has 0 bridgehead atoms. The molecule has 1 aliphatic heterocycles. The molecule has 3 heterocycles. The highest BCUT2D eigenvalue weighted by atomic mass is 16.5. The Hall–Kier alpha value is -3.52. The molecular formula is C24H27N5O3. The normalized spacial score (nSPS) is 16.1. The van der Waals surface area contributed by atoms with Gasteiger partial charge in [-0.25, -0.2) is 15.0 Å².